The van der Waals surface area contributed by atoms with Crippen LogP contribution in [-0.2, 0) is 7.05 Å². The molecule has 0 aromatic carbocycles. The van der Waals surface area contributed by atoms with Crippen LogP contribution >= 0.6 is 12.4 Å². The van der Waals surface area contributed by atoms with E-state index >= 15 is 0 Å². The van der Waals surface area contributed by atoms with Gasteiger partial charge in [-0.05, 0) is 30.5 Å². The van der Waals surface area contributed by atoms with E-state index in [1.54, 1.807) is 10.9 Å². The highest BCUT2D eigenvalue weighted by atomic mass is 35.5. The molecule has 3 aromatic rings. The first kappa shape index (κ1) is 15.5. The highest BCUT2D eigenvalue weighted by Gasteiger charge is 2.22. The second-order valence-electron chi connectivity index (χ2n) is 5.74. The fourth-order valence-electron chi connectivity index (χ4n) is 3.19. The van der Waals surface area contributed by atoms with Crippen molar-refractivity contribution < 1.29 is 0 Å². The lowest BCUT2D eigenvalue weighted by Crippen LogP contribution is -2.09. The molecule has 0 amide bonds. The molecule has 1 saturated heterocycles. The molecule has 1 unspecified atom stereocenters. The number of hydrogen-bond acceptors (Lipinski definition) is 4. The molecule has 0 spiro atoms. The van der Waals surface area contributed by atoms with Crippen molar-refractivity contribution in [3.63, 3.8) is 0 Å². The van der Waals surface area contributed by atoms with Crippen LogP contribution in [0.2, 0.25) is 0 Å². The maximum Gasteiger partial charge on any atom is 0.103 e. The Balaban J connectivity index is 0.00000156. The fourth-order valence-corrected chi connectivity index (χ4v) is 3.19. The normalized spacial score (nSPS) is 17.1. The number of rotatable bonds is 2. The van der Waals surface area contributed by atoms with Gasteiger partial charge in [0.2, 0.25) is 0 Å². The number of halogens is 1. The average molecular weight is 329 g/mol. The summed E-state index contributed by atoms with van der Waals surface area (Å²) in [4.78, 5) is 0. The van der Waals surface area contributed by atoms with Gasteiger partial charge in [0.15, 0.2) is 0 Å². The molecule has 1 N–H and O–H groups in total. The molecule has 0 aliphatic carbocycles. The summed E-state index contributed by atoms with van der Waals surface area (Å²) in [5, 5.41) is 21.4. The van der Waals surface area contributed by atoms with Gasteiger partial charge >= 0.3 is 0 Å². The number of hydrogen-bond donors (Lipinski definition) is 1. The minimum absolute atomic E-state index is 0. The molecule has 1 aliphatic rings. The van der Waals surface area contributed by atoms with Crippen molar-refractivity contribution in [1.82, 2.24) is 24.7 Å². The predicted octanol–water partition coefficient (Wildman–Crippen LogP) is 2.11. The molecule has 118 valence electrons. The summed E-state index contributed by atoms with van der Waals surface area (Å²) in [6, 6.07) is 4.44. The van der Waals surface area contributed by atoms with Crippen molar-refractivity contribution in [2.75, 3.05) is 13.1 Å². The van der Waals surface area contributed by atoms with Crippen LogP contribution in [0.3, 0.4) is 0 Å². The van der Waals surface area contributed by atoms with Gasteiger partial charge in [-0.15, -0.1) is 12.4 Å². The third-order valence-electron chi connectivity index (χ3n) is 4.30. The van der Waals surface area contributed by atoms with Gasteiger partial charge in [-0.2, -0.15) is 15.5 Å². The van der Waals surface area contributed by atoms with Crippen LogP contribution in [0, 0.1) is 11.3 Å². The lowest BCUT2D eigenvalue weighted by Gasteiger charge is -2.13. The smallest absolute Gasteiger partial charge is 0.103 e. The third-order valence-corrected chi connectivity index (χ3v) is 4.30. The second-order valence-corrected chi connectivity index (χ2v) is 5.74. The molecule has 0 bridgehead atoms. The van der Waals surface area contributed by atoms with Gasteiger partial charge in [-0.25, -0.2) is 4.52 Å². The van der Waals surface area contributed by atoms with Gasteiger partial charge in [0.1, 0.15) is 6.07 Å². The molecule has 1 aliphatic heterocycles. The number of pyridine rings is 1. The van der Waals surface area contributed by atoms with E-state index < -0.39 is 0 Å². The maximum absolute atomic E-state index is 9.35. The van der Waals surface area contributed by atoms with E-state index in [1.165, 1.54) is 5.56 Å². The minimum atomic E-state index is 0. The zero-order valence-corrected chi connectivity index (χ0v) is 13.5. The molecular formula is C16H17ClN6. The lowest BCUT2D eigenvalue weighted by atomic mass is 9.94. The van der Waals surface area contributed by atoms with Gasteiger partial charge in [0.25, 0.3) is 0 Å². The Morgan fingerprint density at radius 3 is 2.78 bits per heavy atom. The molecule has 3 aromatic heterocycles. The standard InChI is InChI=1S/C16H16N6.ClH/c1-21-9-14(8-19-21)12-4-15(11-2-3-18-6-11)16-13(5-17)7-20-22(16)10-12;/h4,7-11,18H,2-3,6H2,1H3;1H. The molecule has 4 rings (SSSR count). The number of aryl methyl sites for hydroxylation is 1. The molecule has 0 radical (unpaired) electrons. The third kappa shape index (κ3) is 2.58. The molecule has 1 atom stereocenters. The first-order chi connectivity index (χ1) is 10.8. The van der Waals surface area contributed by atoms with Gasteiger partial charge in [-0.1, -0.05) is 0 Å². The van der Waals surface area contributed by atoms with Crippen LogP contribution in [0.25, 0.3) is 16.6 Å². The number of nitrogens with one attached hydrogen (secondary N) is 1. The second kappa shape index (κ2) is 6.03. The average Bonchev–Trinajstić information content (AvgIpc) is 3.26. The summed E-state index contributed by atoms with van der Waals surface area (Å²) < 4.78 is 3.62. The van der Waals surface area contributed by atoms with Gasteiger partial charge < -0.3 is 5.32 Å². The van der Waals surface area contributed by atoms with Crippen LogP contribution < -0.4 is 5.32 Å². The van der Waals surface area contributed by atoms with Crippen molar-refractivity contribution in [1.29, 1.82) is 5.26 Å². The number of fused-ring (bicyclic) bond motifs is 1. The van der Waals surface area contributed by atoms with Crippen molar-refractivity contribution in [2.24, 2.45) is 7.05 Å². The summed E-state index contributed by atoms with van der Waals surface area (Å²) in [6.45, 7) is 1.96. The summed E-state index contributed by atoms with van der Waals surface area (Å²) in [7, 11) is 1.91. The molecule has 23 heavy (non-hydrogen) atoms. The Morgan fingerprint density at radius 2 is 2.13 bits per heavy atom. The van der Waals surface area contributed by atoms with Crippen molar-refractivity contribution in [2.45, 2.75) is 12.3 Å². The van der Waals surface area contributed by atoms with Crippen LogP contribution in [-0.4, -0.2) is 32.5 Å². The monoisotopic (exact) mass is 328 g/mol. The number of nitrogens with zero attached hydrogens (tertiary/aromatic N) is 5. The van der Waals surface area contributed by atoms with E-state index in [1.807, 2.05) is 30.2 Å². The maximum atomic E-state index is 9.35. The summed E-state index contributed by atoms with van der Waals surface area (Å²) in [5.74, 6) is 0.419. The van der Waals surface area contributed by atoms with E-state index in [0.29, 0.717) is 11.5 Å². The molecule has 6 nitrogen and oxygen atoms in total. The van der Waals surface area contributed by atoms with Gasteiger partial charge in [0.05, 0.1) is 23.5 Å². The van der Waals surface area contributed by atoms with Crippen molar-refractivity contribution in [3.8, 4) is 17.2 Å². The van der Waals surface area contributed by atoms with E-state index in [0.717, 1.165) is 36.2 Å². The van der Waals surface area contributed by atoms with Crippen LogP contribution in [0.5, 0.6) is 0 Å². The topological polar surface area (TPSA) is 70.9 Å². The van der Waals surface area contributed by atoms with E-state index in [9.17, 15) is 5.26 Å². The summed E-state index contributed by atoms with van der Waals surface area (Å²) >= 11 is 0. The highest BCUT2D eigenvalue weighted by molar-refractivity contribution is 5.85. The first-order valence-corrected chi connectivity index (χ1v) is 7.37. The van der Waals surface area contributed by atoms with Crippen molar-refractivity contribution in [3.05, 3.63) is 42.0 Å². The minimum Gasteiger partial charge on any atom is -0.316 e. The summed E-state index contributed by atoms with van der Waals surface area (Å²) in [6.07, 6.45) is 8.55. The Hall–Kier alpha value is -2.36. The Kier molecular flexibility index (Phi) is 4.07. The summed E-state index contributed by atoms with van der Waals surface area (Å²) in [5.41, 5.74) is 4.91. The van der Waals surface area contributed by atoms with Crippen LogP contribution in [0.15, 0.2) is 30.9 Å². The molecule has 1 fully saturated rings. The molecule has 0 saturated carbocycles. The fraction of sp³-hybridized carbons (Fsp3) is 0.312. The Bertz CT molecular complexity index is 882. The zero-order chi connectivity index (χ0) is 15.1. The SMILES string of the molecule is Cl.Cn1cc(-c2cc(C3CCNC3)c3c(C#N)cnn3c2)cn1. The van der Waals surface area contributed by atoms with Gasteiger partial charge in [0, 0.05) is 37.1 Å². The lowest BCUT2D eigenvalue weighted by molar-refractivity contribution is 0.761. The van der Waals surface area contributed by atoms with E-state index in [4.69, 9.17) is 0 Å². The predicted molar refractivity (Wildman–Crippen MR) is 89.6 cm³/mol. The molecular weight excluding hydrogens is 312 g/mol. The first-order valence-electron chi connectivity index (χ1n) is 7.37. The Morgan fingerprint density at radius 1 is 1.26 bits per heavy atom. The quantitative estimate of drug-likeness (QED) is 0.782. The van der Waals surface area contributed by atoms with Gasteiger partial charge in [-0.3, -0.25) is 4.68 Å². The van der Waals surface area contributed by atoms with Crippen molar-refractivity contribution >= 4 is 17.9 Å². The van der Waals surface area contributed by atoms with Crippen LogP contribution in [0.1, 0.15) is 23.5 Å². The van der Waals surface area contributed by atoms with E-state index in [2.05, 4.69) is 27.6 Å². The largest absolute Gasteiger partial charge is 0.316 e. The van der Waals surface area contributed by atoms with Crippen LogP contribution in [0.4, 0.5) is 0 Å². The Labute approximate surface area is 140 Å². The highest BCUT2D eigenvalue weighted by Crippen LogP contribution is 2.32. The number of nitriles is 1. The number of aromatic nitrogens is 4. The molecule has 7 heteroatoms. The zero-order valence-electron chi connectivity index (χ0n) is 12.7. The van der Waals surface area contributed by atoms with E-state index in [-0.39, 0.29) is 12.4 Å². The molecule has 4 heterocycles.